The van der Waals surface area contributed by atoms with Gasteiger partial charge in [0.15, 0.2) is 0 Å². The van der Waals surface area contributed by atoms with Crippen LogP contribution in [0.4, 0.5) is 0 Å². The van der Waals surface area contributed by atoms with Crippen molar-refractivity contribution in [2.45, 2.75) is 43.7 Å². The summed E-state index contributed by atoms with van der Waals surface area (Å²) in [7, 11) is 3.39. The molecule has 8 nitrogen and oxygen atoms in total. The average molecular weight is 598 g/mol. The third-order valence-corrected chi connectivity index (χ3v) is 9.52. The molecule has 44 heavy (non-hydrogen) atoms. The van der Waals surface area contributed by atoms with Crippen molar-refractivity contribution < 1.29 is 23.8 Å². The lowest BCUT2D eigenvalue weighted by Crippen LogP contribution is -2.52. The second-order valence-electron chi connectivity index (χ2n) is 12.2. The quantitative estimate of drug-likeness (QED) is 0.373. The number of piperazine rings is 1. The fourth-order valence-corrected chi connectivity index (χ4v) is 7.09. The van der Waals surface area contributed by atoms with Gasteiger partial charge in [-0.25, -0.2) is 0 Å². The summed E-state index contributed by atoms with van der Waals surface area (Å²) in [6.45, 7) is 5.47. The lowest BCUT2D eigenvalue weighted by molar-refractivity contribution is -0.142. The van der Waals surface area contributed by atoms with Crippen molar-refractivity contribution in [1.29, 1.82) is 0 Å². The normalized spacial score (nSPS) is 20.4. The maximum Gasteiger partial charge on any atom is 0.253 e. The molecule has 3 aliphatic heterocycles. The third-order valence-electron chi connectivity index (χ3n) is 9.52. The Balaban J connectivity index is 1.15. The van der Waals surface area contributed by atoms with E-state index in [0.717, 1.165) is 62.4 Å². The van der Waals surface area contributed by atoms with Crippen LogP contribution in [-0.4, -0.2) is 92.7 Å². The Labute approximate surface area is 260 Å². The van der Waals surface area contributed by atoms with Crippen molar-refractivity contribution in [3.05, 3.63) is 95.1 Å². The van der Waals surface area contributed by atoms with E-state index in [9.17, 15) is 9.59 Å². The van der Waals surface area contributed by atoms with Crippen molar-refractivity contribution in [3.8, 4) is 11.5 Å². The second kappa shape index (κ2) is 13.4. The van der Waals surface area contributed by atoms with Crippen LogP contribution in [0.3, 0.4) is 0 Å². The molecule has 1 unspecified atom stereocenters. The molecule has 3 saturated heterocycles. The van der Waals surface area contributed by atoms with Crippen molar-refractivity contribution in [1.82, 2.24) is 14.7 Å². The number of hydrogen-bond acceptors (Lipinski definition) is 6. The Morgan fingerprint density at radius 1 is 0.818 bits per heavy atom. The first-order valence-corrected chi connectivity index (χ1v) is 15.8. The van der Waals surface area contributed by atoms with Gasteiger partial charge < -0.3 is 24.0 Å². The molecule has 2 amide bonds. The van der Waals surface area contributed by atoms with Crippen molar-refractivity contribution >= 4 is 11.8 Å². The first-order valence-electron chi connectivity index (χ1n) is 15.8. The third kappa shape index (κ3) is 6.33. The van der Waals surface area contributed by atoms with E-state index < -0.39 is 0 Å². The van der Waals surface area contributed by atoms with Gasteiger partial charge in [-0.3, -0.25) is 14.5 Å². The van der Waals surface area contributed by atoms with Crippen LogP contribution in [0.2, 0.25) is 0 Å². The Bertz CT molecular complexity index is 1380. The minimum Gasteiger partial charge on any atom is -0.497 e. The summed E-state index contributed by atoms with van der Waals surface area (Å²) in [6, 6.07) is 25.0. The molecular formula is C36H43N3O5. The molecule has 0 radical (unpaired) electrons. The van der Waals surface area contributed by atoms with Crippen LogP contribution in [0.1, 0.15) is 52.7 Å². The van der Waals surface area contributed by atoms with E-state index in [-0.39, 0.29) is 23.3 Å². The van der Waals surface area contributed by atoms with Crippen LogP contribution in [0.15, 0.2) is 72.8 Å². The lowest BCUT2D eigenvalue weighted by atomic mass is 9.69. The fourth-order valence-electron chi connectivity index (χ4n) is 7.09. The van der Waals surface area contributed by atoms with E-state index in [1.165, 1.54) is 11.1 Å². The maximum atomic E-state index is 13.5. The molecule has 0 spiro atoms. The molecule has 3 aromatic rings. The summed E-state index contributed by atoms with van der Waals surface area (Å²) in [5.74, 6) is 1.80. The van der Waals surface area contributed by atoms with Crippen molar-refractivity contribution in [2.24, 2.45) is 0 Å². The Morgan fingerprint density at radius 2 is 1.45 bits per heavy atom. The SMILES string of the molecule is COc1ccc(C2(c3ccc(OC)cc3)CCCN(Cc3cccc(C(=O)N4CCN(C(=O)C5CCCO5)CC4)c3)C2)cc1. The summed E-state index contributed by atoms with van der Waals surface area (Å²) in [6.07, 6.45) is 3.53. The fraction of sp³-hybridized carbons (Fsp3) is 0.444. The zero-order valence-electron chi connectivity index (χ0n) is 25.9. The molecule has 3 aliphatic rings. The van der Waals surface area contributed by atoms with Gasteiger partial charge >= 0.3 is 0 Å². The first kappa shape index (κ1) is 30.2. The van der Waals surface area contributed by atoms with Gasteiger partial charge in [-0.15, -0.1) is 0 Å². The molecule has 3 fully saturated rings. The number of carbonyl (C=O) groups excluding carboxylic acids is 2. The second-order valence-corrected chi connectivity index (χ2v) is 12.2. The van der Waals surface area contributed by atoms with E-state index in [4.69, 9.17) is 14.2 Å². The van der Waals surface area contributed by atoms with E-state index in [1.807, 2.05) is 52.3 Å². The maximum absolute atomic E-state index is 13.5. The molecular weight excluding hydrogens is 554 g/mol. The van der Waals surface area contributed by atoms with Gasteiger partial charge in [0, 0.05) is 56.9 Å². The van der Waals surface area contributed by atoms with Gasteiger partial charge in [0.2, 0.25) is 0 Å². The summed E-state index contributed by atoms with van der Waals surface area (Å²) in [5, 5.41) is 0. The smallest absolute Gasteiger partial charge is 0.253 e. The van der Waals surface area contributed by atoms with Crippen molar-refractivity contribution in [3.63, 3.8) is 0 Å². The van der Waals surface area contributed by atoms with E-state index in [0.29, 0.717) is 38.3 Å². The summed E-state index contributed by atoms with van der Waals surface area (Å²) >= 11 is 0. The van der Waals surface area contributed by atoms with Gasteiger partial charge in [-0.05, 0) is 85.3 Å². The largest absolute Gasteiger partial charge is 0.497 e. The van der Waals surface area contributed by atoms with E-state index in [2.05, 4.69) is 35.2 Å². The summed E-state index contributed by atoms with van der Waals surface area (Å²) < 4.78 is 16.5. The number of carbonyl (C=O) groups is 2. The molecule has 0 aromatic heterocycles. The van der Waals surface area contributed by atoms with Crippen LogP contribution in [0.25, 0.3) is 0 Å². The van der Waals surface area contributed by atoms with Crippen LogP contribution in [0, 0.1) is 0 Å². The highest BCUT2D eigenvalue weighted by Gasteiger charge is 2.39. The monoisotopic (exact) mass is 597 g/mol. The molecule has 1 atom stereocenters. The Morgan fingerprint density at radius 3 is 2.05 bits per heavy atom. The summed E-state index contributed by atoms with van der Waals surface area (Å²) in [5.41, 5.74) is 4.20. The number of amides is 2. The molecule has 6 rings (SSSR count). The van der Waals surface area contributed by atoms with E-state index >= 15 is 0 Å². The Kier molecular flexibility index (Phi) is 9.19. The van der Waals surface area contributed by atoms with Gasteiger partial charge in [0.25, 0.3) is 11.8 Å². The highest BCUT2D eigenvalue weighted by atomic mass is 16.5. The molecule has 0 saturated carbocycles. The summed E-state index contributed by atoms with van der Waals surface area (Å²) in [4.78, 5) is 32.5. The minimum atomic E-state index is -0.308. The van der Waals surface area contributed by atoms with Crippen LogP contribution in [0.5, 0.6) is 11.5 Å². The van der Waals surface area contributed by atoms with E-state index in [1.54, 1.807) is 14.2 Å². The predicted molar refractivity (Wildman–Crippen MR) is 169 cm³/mol. The number of piperidine rings is 1. The molecule has 3 aromatic carbocycles. The molecule has 0 bridgehead atoms. The number of nitrogens with zero attached hydrogens (tertiary/aromatic N) is 3. The standard InChI is InChI=1S/C36H43N3O5/c1-42-31-13-9-29(10-14-31)36(30-11-15-32(43-2)16-12-30)17-5-18-37(26-36)25-27-6-3-7-28(24-27)34(40)38-19-21-39(22-20-38)35(41)33-8-4-23-44-33/h3,6-7,9-16,24,33H,4-5,8,17-23,25-26H2,1-2H3. The van der Waals surface area contributed by atoms with Gasteiger partial charge in [0.1, 0.15) is 17.6 Å². The number of benzene rings is 3. The molecule has 0 aliphatic carbocycles. The first-order chi connectivity index (χ1) is 21.5. The molecule has 8 heteroatoms. The predicted octanol–water partition coefficient (Wildman–Crippen LogP) is 4.75. The lowest BCUT2D eigenvalue weighted by Gasteiger charge is -2.44. The molecule has 3 heterocycles. The van der Waals surface area contributed by atoms with Crippen molar-refractivity contribution in [2.75, 3.05) is 60.1 Å². The van der Waals surface area contributed by atoms with Crippen LogP contribution < -0.4 is 9.47 Å². The molecule has 0 N–H and O–H groups in total. The van der Waals surface area contributed by atoms with Gasteiger partial charge in [-0.1, -0.05) is 36.4 Å². The number of hydrogen-bond donors (Lipinski definition) is 0. The zero-order valence-corrected chi connectivity index (χ0v) is 25.9. The highest BCUT2D eigenvalue weighted by Crippen LogP contribution is 2.42. The zero-order chi connectivity index (χ0) is 30.5. The average Bonchev–Trinajstić information content (AvgIpc) is 3.63. The minimum absolute atomic E-state index is 0.0283. The Hall–Kier alpha value is -3.88. The number of methoxy groups -OCH3 is 2. The van der Waals surface area contributed by atoms with Gasteiger partial charge in [0.05, 0.1) is 14.2 Å². The number of likely N-dealkylation sites (tertiary alicyclic amines) is 1. The molecule has 232 valence electrons. The number of rotatable bonds is 8. The number of ether oxygens (including phenoxy) is 3. The highest BCUT2D eigenvalue weighted by molar-refractivity contribution is 5.94. The van der Waals surface area contributed by atoms with Crippen LogP contribution in [-0.2, 0) is 21.5 Å². The topological polar surface area (TPSA) is 71.6 Å². The van der Waals surface area contributed by atoms with Crippen LogP contribution >= 0.6 is 0 Å². The van der Waals surface area contributed by atoms with Gasteiger partial charge in [-0.2, -0.15) is 0 Å².